The fraction of sp³-hybridized carbons (Fsp3) is 0.143. The van der Waals surface area contributed by atoms with E-state index in [2.05, 4.69) is 129 Å². The van der Waals surface area contributed by atoms with Crippen LogP contribution in [-0.2, 0) is 87.1 Å². The fourth-order valence-electron chi connectivity index (χ4n) is 0. The Labute approximate surface area is 193 Å². The van der Waals surface area contributed by atoms with Gasteiger partial charge in [0.05, 0.1) is 0 Å². The maximum atomic E-state index is 4.66. The van der Waals surface area contributed by atoms with Gasteiger partial charge >= 0.3 is 36.5 Å². The third-order valence-electron chi connectivity index (χ3n) is 0. The molecule has 0 aromatic heterocycles. The summed E-state index contributed by atoms with van der Waals surface area (Å²) in [6.45, 7) is 5.25. The van der Waals surface area contributed by atoms with Crippen molar-refractivity contribution in [2.45, 2.75) is 6.92 Å². The van der Waals surface area contributed by atoms with Crippen LogP contribution in [0.4, 0.5) is 0 Å². The van der Waals surface area contributed by atoms with Crippen molar-refractivity contribution in [2.24, 2.45) is 22.9 Å². The molecule has 0 heterocycles. The number of thiocarbonyl (C=S) groups is 4. The first kappa shape index (κ1) is 43.2. The van der Waals surface area contributed by atoms with Gasteiger partial charge in [0.1, 0.15) is 0 Å². The number of allylic oxidation sites excluding steroid dienone is 1. The van der Waals surface area contributed by atoms with Gasteiger partial charge in [-0.25, -0.2) is 0 Å². The van der Waals surface area contributed by atoms with Gasteiger partial charge in [-0.05, 0) is 6.92 Å². The van der Waals surface area contributed by atoms with Crippen LogP contribution in [0.25, 0.3) is 0 Å². The fourth-order valence-corrected chi connectivity index (χ4v) is 0. The Hall–Kier alpha value is 1.32. The predicted octanol–water partition coefficient (Wildman–Crippen LogP) is 0.295. The summed E-state index contributed by atoms with van der Waals surface area (Å²) < 4.78 is 0.333. The maximum Gasteiger partial charge on any atom is 2.00 e. The smallest absolute Gasteiger partial charge is 0.415 e. The molecule has 0 aliphatic heterocycles. The molecule has 0 aromatic rings. The normalized spacial score (nSPS) is 5.19. The Morgan fingerprint density at radius 1 is 0.762 bits per heavy atom. The van der Waals surface area contributed by atoms with Crippen LogP contribution < -0.4 is 22.9 Å². The molecule has 0 aliphatic carbocycles. The summed E-state index contributed by atoms with van der Waals surface area (Å²) in [7, 11) is 0. The summed E-state index contributed by atoms with van der Waals surface area (Å²) in [6.07, 6.45) is 1.75. The van der Waals surface area contributed by atoms with Gasteiger partial charge in [-0.15, -0.1) is 6.58 Å². The van der Waals surface area contributed by atoms with E-state index in [4.69, 9.17) is 0 Å². The van der Waals surface area contributed by atoms with Crippen LogP contribution in [-0.4, -0.2) is 17.3 Å². The summed E-state index contributed by atoms with van der Waals surface area (Å²) in [4.78, 5) is 0. The van der Waals surface area contributed by atoms with Crippen LogP contribution in [0.15, 0.2) is 12.7 Å². The maximum absolute atomic E-state index is 4.66. The van der Waals surface area contributed by atoms with E-state index >= 15 is 0 Å². The Morgan fingerprint density at radius 2 is 0.762 bits per heavy atom. The van der Waals surface area contributed by atoms with Crippen LogP contribution in [0.2, 0.25) is 0 Å². The predicted molar refractivity (Wildman–Crippen MR) is 112 cm³/mol. The van der Waals surface area contributed by atoms with Crippen molar-refractivity contribution in [1.82, 2.24) is 0 Å². The summed E-state index contributed by atoms with van der Waals surface area (Å²) in [6, 6.07) is 0. The molecule has 4 nitrogen and oxygen atoms in total. The molecule has 14 heteroatoms. The third kappa shape index (κ3) is 4550. The van der Waals surface area contributed by atoms with Crippen molar-refractivity contribution in [1.29, 1.82) is 0 Å². The summed E-state index contributed by atoms with van der Waals surface area (Å²) >= 11 is 33.0. The molecular formula is C7H14CuN4S8Zn. The first-order valence-corrected chi connectivity index (χ1v) is 7.04. The molecule has 0 aliphatic rings. The molecule has 0 rings (SSSR count). The molecule has 0 bridgehead atoms. The number of hydrogen-bond donors (Lipinski definition) is 4. The Bertz CT molecular complexity index is 215. The van der Waals surface area contributed by atoms with E-state index in [0.717, 1.165) is 0 Å². The van der Waals surface area contributed by atoms with Gasteiger partial charge < -0.3 is 122 Å². The minimum atomic E-state index is 0. The summed E-state index contributed by atoms with van der Waals surface area (Å²) in [5.41, 5.74) is 18.6. The molecule has 21 heavy (non-hydrogen) atoms. The zero-order valence-corrected chi connectivity index (χ0v) is 21.3. The average Bonchev–Trinajstić information content (AvgIpc) is 1.97. The van der Waals surface area contributed by atoms with Gasteiger partial charge in [-0.2, -0.15) is 0 Å². The van der Waals surface area contributed by atoms with Gasteiger partial charge in [0.25, 0.3) is 0 Å². The van der Waals surface area contributed by atoms with E-state index in [0.29, 0.717) is 0 Å². The molecule has 8 N–H and O–H groups in total. The van der Waals surface area contributed by atoms with E-state index in [1.165, 1.54) is 0 Å². The van der Waals surface area contributed by atoms with Crippen molar-refractivity contribution in [3.05, 3.63) is 12.7 Å². The first-order valence-electron chi connectivity index (χ1n) is 3.77. The number of hydrogen-bond acceptors (Lipinski definition) is 8. The van der Waals surface area contributed by atoms with Gasteiger partial charge in [0.2, 0.25) is 0 Å². The van der Waals surface area contributed by atoms with Crippen LogP contribution in [0.5, 0.6) is 0 Å². The molecule has 0 saturated carbocycles. The number of nitrogens with two attached hydrogens (primary N) is 4. The second-order valence-electron chi connectivity index (χ2n) is 1.68. The van der Waals surface area contributed by atoms with Crippen LogP contribution in [0.3, 0.4) is 0 Å². The molecule has 0 amide bonds. The van der Waals surface area contributed by atoms with Crippen LogP contribution in [0, 0.1) is 0 Å². The van der Waals surface area contributed by atoms with E-state index in [9.17, 15) is 0 Å². The average molecular weight is 540 g/mol. The third-order valence-corrected chi connectivity index (χ3v) is 0. The topological polar surface area (TPSA) is 104 Å². The van der Waals surface area contributed by atoms with Crippen LogP contribution in [0.1, 0.15) is 6.92 Å². The van der Waals surface area contributed by atoms with Crippen molar-refractivity contribution < 1.29 is 36.5 Å². The van der Waals surface area contributed by atoms with Gasteiger partial charge in [-0.1, -0.05) is 23.4 Å². The van der Waals surface area contributed by atoms with Crippen molar-refractivity contribution in [3.8, 4) is 0 Å². The zero-order chi connectivity index (χ0) is 17.0. The molecule has 0 atom stereocenters. The van der Waals surface area contributed by atoms with Crippen molar-refractivity contribution >= 4 is 117 Å². The van der Waals surface area contributed by atoms with Crippen molar-refractivity contribution in [2.75, 3.05) is 0 Å². The van der Waals surface area contributed by atoms with Gasteiger partial charge in [-0.3, -0.25) is 0 Å². The monoisotopic (exact) mass is 537 g/mol. The summed E-state index contributed by atoms with van der Waals surface area (Å²) in [5, 5.41) is 0. The standard InChI is InChI=1S/C3H6.4CH3NS2.Cu.Zn/c1-3-2;4*2-1(3)4;;/h3H,1H2,2H3;4*(H3,2,3,4);;/q;;;;;2*+2/p-4. The second kappa shape index (κ2) is 42.9. The molecule has 0 spiro atoms. The number of rotatable bonds is 0. The van der Waals surface area contributed by atoms with E-state index in [1.54, 1.807) is 6.08 Å². The molecular weight excluding hydrogens is 526 g/mol. The van der Waals surface area contributed by atoms with Gasteiger partial charge in [0, 0.05) is 0 Å². The first-order chi connectivity index (χ1) is 8.34. The largest absolute Gasteiger partial charge is 2.00 e. The molecule has 0 fully saturated rings. The van der Waals surface area contributed by atoms with E-state index in [-0.39, 0.29) is 53.8 Å². The Balaban J connectivity index is -0.0000000229. The van der Waals surface area contributed by atoms with Crippen molar-refractivity contribution in [3.63, 3.8) is 0 Å². The molecule has 123 valence electrons. The second-order valence-corrected chi connectivity index (χ2v) is 6.24. The minimum Gasteiger partial charge on any atom is -0.415 e. The van der Waals surface area contributed by atoms with Gasteiger partial charge in [0.15, 0.2) is 0 Å². The Morgan fingerprint density at radius 3 is 0.762 bits per heavy atom. The molecule has 0 aromatic carbocycles. The Kier molecular flexibility index (Phi) is 88.4. The SMILES string of the molecule is C=CC.NC(=S)[S-].NC(=S)[S-].NC(=S)[S-].NC(=S)[S-].[Cu+2].[Zn+2]. The molecule has 0 saturated heterocycles. The zero-order valence-electron chi connectivity index (χ0n) is 10.9. The molecule has 1 radical (unpaired) electrons. The van der Waals surface area contributed by atoms with Crippen LogP contribution >= 0.6 is 48.9 Å². The minimum absolute atomic E-state index is 0. The van der Waals surface area contributed by atoms with E-state index < -0.39 is 0 Å². The van der Waals surface area contributed by atoms with E-state index in [1.807, 2.05) is 6.92 Å². The summed E-state index contributed by atoms with van der Waals surface area (Å²) in [5.74, 6) is 0. The quantitative estimate of drug-likeness (QED) is 0.147. The molecule has 0 unspecified atom stereocenters.